The number of anilines is 1. The van der Waals surface area contributed by atoms with Gasteiger partial charge in [-0.05, 0) is 18.2 Å². The van der Waals surface area contributed by atoms with Gasteiger partial charge in [-0.25, -0.2) is 18.7 Å². The number of nitrogen functional groups attached to an aromatic ring is 1. The van der Waals surface area contributed by atoms with Crippen molar-refractivity contribution in [2.45, 2.75) is 9.92 Å². The van der Waals surface area contributed by atoms with Crippen molar-refractivity contribution in [3.05, 3.63) is 42.4 Å². The van der Waals surface area contributed by atoms with Crippen molar-refractivity contribution in [2.75, 3.05) is 5.73 Å². The summed E-state index contributed by atoms with van der Waals surface area (Å²) >= 11 is 0.900. The van der Waals surface area contributed by atoms with Crippen LogP contribution in [0.2, 0.25) is 0 Å². The van der Waals surface area contributed by atoms with Crippen molar-refractivity contribution < 1.29 is 8.78 Å². The molecule has 7 heteroatoms. The van der Waals surface area contributed by atoms with Crippen LogP contribution < -0.4 is 5.73 Å². The molecular formula is C13H10F2N4S. The summed E-state index contributed by atoms with van der Waals surface area (Å²) in [5.41, 5.74) is 6.90. The topological polar surface area (TPSA) is 56.7 Å². The van der Waals surface area contributed by atoms with Gasteiger partial charge in [0.25, 0.3) is 0 Å². The maximum absolute atomic E-state index is 13.8. The number of benzene rings is 1. The van der Waals surface area contributed by atoms with Crippen LogP contribution >= 0.6 is 11.8 Å². The van der Waals surface area contributed by atoms with Gasteiger partial charge in [0.15, 0.2) is 0 Å². The van der Waals surface area contributed by atoms with E-state index in [0.29, 0.717) is 10.5 Å². The van der Waals surface area contributed by atoms with Crippen LogP contribution in [-0.2, 0) is 7.05 Å². The molecule has 4 nitrogen and oxygen atoms in total. The molecule has 0 radical (unpaired) electrons. The number of nitrogens with zero attached hydrogens (tertiary/aromatic N) is 3. The molecule has 2 N–H and O–H groups in total. The summed E-state index contributed by atoms with van der Waals surface area (Å²) in [5.74, 6) is -1.41. The van der Waals surface area contributed by atoms with Gasteiger partial charge in [0, 0.05) is 18.9 Å². The summed E-state index contributed by atoms with van der Waals surface area (Å²) in [6.07, 6.45) is 3.21. The van der Waals surface area contributed by atoms with E-state index < -0.39 is 11.6 Å². The van der Waals surface area contributed by atoms with Crippen molar-refractivity contribution in [3.63, 3.8) is 0 Å². The Labute approximate surface area is 117 Å². The molecule has 0 saturated heterocycles. The van der Waals surface area contributed by atoms with E-state index in [4.69, 9.17) is 5.73 Å². The Balaban J connectivity index is 2.10. The number of fused-ring (bicyclic) bond motifs is 1. The highest BCUT2D eigenvalue weighted by atomic mass is 32.2. The second-order valence-corrected chi connectivity index (χ2v) is 5.25. The van der Waals surface area contributed by atoms with Crippen molar-refractivity contribution in [2.24, 2.45) is 7.05 Å². The third-order valence-corrected chi connectivity index (χ3v) is 3.92. The van der Waals surface area contributed by atoms with Crippen LogP contribution in [0.3, 0.4) is 0 Å². The van der Waals surface area contributed by atoms with E-state index in [1.54, 1.807) is 18.6 Å². The molecule has 20 heavy (non-hydrogen) atoms. The maximum atomic E-state index is 13.8. The number of aromatic nitrogens is 3. The quantitative estimate of drug-likeness (QED) is 0.738. The lowest BCUT2D eigenvalue weighted by Crippen LogP contribution is -1.94. The van der Waals surface area contributed by atoms with Gasteiger partial charge in [-0.2, -0.15) is 0 Å². The Morgan fingerprint density at radius 2 is 1.90 bits per heavy atom. The van der Waals surface area contributed by atoms with E-state index in [0.717, 1.165) is 29.4 Å². The minimum Gasteiger partial charge on any atom is -0.399 e. The number of hydrogen-bond acceptors (Lipinski definition) is 4. The largest absolute Gasteiger partial charge is 0.399 e. The van der Waals surface area contributed by atoms with Crippen LogP contribution in [0.4, 0.5) is 14.5 Å². The lowest BCUT2D eigenvalue weighted by Gasteiger charge is -2.06. The monoisotopic (exact) mass is 292 g/mol. The lowest BCUT2D eigenvalue weighted by molar-refractivity contribution is 0.541. The Bertz CT molecular complexity index is 777. The number of pyridine rings is 1. The fourth-order valence-electron chi connectivity index (χ4n) is 1.89. The third kappa shape index (κ3) is 2.09. The van der Waals surface area contributed by atoms with Gasteiger partial charge in [0.1, 0.15) is 22.2 Å². The van der Waals surface area contributed by atoms with Crippen molar-refractivity contribution >= 4 is 28.5 Å². The zero-order valence-corrected chi connectivity index (χ0v) is 11.3. The first kappa shape index (κ1) is 12.9. The number of halogens is 2. The molecule has 2 heterocycles. The van der Waals surface area contributed by atoms with E-state index in [9.17, 15) is 8.78 Å². The predicted molar refractivity (Wildman–Crippen MR) is 73.4 cm³/mol. The van der Waals surface area contributed by atoms with Crippen molar-refractivity contribution in [1.82, 2.24) is 14.5 Å². The fraction of sp³-hybridized carbons (Fsp3) is 0.0769. The molecule has 0 aliphatic heterocycles. The SMILES string of the molecule is Cn1cnc2c(Sc3c(F)cc(N)cc3F)nccc21. The molecule has 102 valence electrons. The molecule has 0 spiro atoms. The average Bonchev–Trinajstić information content (AvgIpc) is 2.77. The zero-order chi connectivity index (χ0) is 14.3. The molecule has 0 bridgehead atoms. The van der Waals surface area contributed by atoms with E-state index in [1.807, 2.05) is 11.6 Å². The molecule has 0 unspecified atom stereocenters. The maximum Gasteiger partial charge on any atom is 0.142 e. The number of hydrogen-bond donors (Lipinski definition) is 1. The van der Waals surface area contributed by atoms with Gasteiger partial charge in [0.2, 0.25) is 0 Å². The number of aryl methyl sites for hydroxylation is 1. The van der Waals surface area contributed by atoms with Crippen LogP contribution in [0.5, 0.6) is 0 Å². The van der Waals surface area contributed by atoms with E-state index in [1.165, 1.54) is 0 Å². The second-order valence-electron chi connectivity index (χ2n) is 4.26. The van der Waals surface area contributed by atoms with Gasteiger partial charge in [0.05, 0.1) is 16.7 Å². The summed E-state index contributed by atoms with van der Waals surface area (Å²) in [6.45, 7) is 0. The summed E-state index contributed by atoms with van der Waals surface area (Å²) in [5, 5.41) is 0.450. The molecule has 0 aliphatic rings. The Morgan fingerprint density at radius 3 is 2.60 bits per heavy atom. The van der Waals surface area contributed by atoms with Crippen LogP contribution in [-0.4, -0.2) is 14.5 Å². The zero-order valence-electron chi connectivity index (χ0n) is 10.5. The summed E-state index contributed by atoms with van der Waals surface area (Å²) < 4.78 is 29.4. The van der Waals surface area contributed by atoms with Gasteiger partial charge >= 0.3 is 0 Å². The highest BCUT2D eigenvalue weighted by Gasteiger charge is 2.15. The minimum absolute atomic E-state index is 0.0494. The smallest absolute Gasteiger partial charge is 0.142 e. The first-order chi connectivity index (χ1) is 9.56. The fourth-order valence-corrected chi connectivity index (χ4v) is 2.76. The Morgan fingerprint density at radius 1 is 1.20 bits per heavy atom. The first-order valence-corrected chi connectivity index (χ1v) is 6.56. The van der Waals surface area contributed by atoms with Gasteiger partial charge < -0.3 is 10.3 Å². The molecule has 0 atom stereocenters. The van der Waals surface area contributed by atoms with E-state index in [2.05, 4.69) is 9.97 Å². The van der Waals surface area contributed by atoms with Gasteiger partial charge in [-0.15, -0.1) is 0 Å². The molecular weight excluding hydrogens is 282 g/mol. The second kappa shape index (κ2) is 4.75. The normalized spacial score (nSPS) is 11.2. The molecule has 0 saturated carbocycles. The predicted octanol–water partition coefficient (Wildman–Crippen LogP) is 2.98. The molecule has 0 fully saturated rings. The van der Waals surface area contributed by atoms with Gasteiger partial charge in [-0.3, -0.25) is 0 Å². The molecule has 0 amide bonds. The molecule has 0 aliphatic carbocycles. The Hall–Kier alpha value is -2.15. The van der Waals surface area contributed by atoms with Crippen molar-refractivity contribution in [3.8, 4) is 0 Å². The lowest BCUT2D eigenvalue weighted by atomic mass is 10.3. The molecule has 3 aromatic rings. The molecule has 2 aromatic heterocycles. The minimum atomic E-state index is -0.706. The van der Waals surface area contributed by atoms with Gasteiger partial charge in [-0.1, -0.05) is 11.8 Å². The molecule has 3 rings (SSSR count). The highest BCUT2D eigenvalue weighted by Crippen LogP contribution is 2.35. The summed E-state index contributed by atoms with van der Waals surface area (Å²) in [6, 6.07) is 3.97. The number of nitrogens with two attached hydrogens (primary N) is 1. The standard InChI is InChI=1S/C13H10F2N4S/c1-19-6-18-11-10(19)2-3-17-13(11)20-12-8(14)4-7(16)5-9(12)15/h2-6H,16H2,1H3. The van der Waals surface area contributed by atoms with Crippen LogP contribution in [0.1, 0.15) is 0 Å². The van der Waals surface area contributed by atoms with Crippen LogP contribution in [0.15, 0.2) is 40.6 Å². The first-order valence-electron chi connectivity index (χ1n) is 5.74. The van der Waals surface area contributed by atoms with Crippen LogP contribution in [0, 0.1) is 11.6 Å². The van der Waals surface area contributed by atoms with Crippen molar-refractivity contribution in [1.29, 1.82) is 0 Å². The number of rotatable bonds is 2. The summed E-state index contributed by atoms with van der Waals surface area (Å²) in [4.78, 5) is 8.21. The van der Waals surface area contributed by atoms with Crippen LogP contribution in [0.25, 0.3) is 11.0 Å². The summed E-state index contributed by atoms with van der Waals surface area (Å²) in [7, 11) is 1.84. The average molecular weight is 292 g/mol. The Kier molecular flexibility index (Phi) is 3.06. The van der Waals surface area contributed by atoms with E-state index >= 15 is 0 Å². The number of imidazole rings is 1. The van der Waals surface area contributed by atoms with E-state index in [-0.39, 0.29) is 10.6 Å². The third-order valence-electron chi connectivity index (χ3n) is 2.83. The highest BCUT2D eigenvalue weighted by molar-refractivity contribution is 7.99. The molecule has 1 aromatic carbocycles.